The molecule has 0 aromatic rings. The summed E-state index contributed by atoms with van der Waals surface area (Å²) < 4.78 is 5.26. The second-order valence-corrected chi connectivity index (χ2v) is 5.14. The quantitative estimate of drug-likeness (QED) is 0.642. The van der Waals surface area contributed by atoms with E-state index in [4.69, 9.17) is 4.74 Å². The van der Waals surface area contributed by atoms with Crippen LogP contribution < -0.4 is 5.32 Å². The number of urea groups is 1. The lowest BCUT2D eigenvalue weighted by atomic mass is 9.92. The van der Waals surface area contributed by atoms with Crippen LogP contribution in [0.2, 0.25) is 0 Å². The highest BCUT2D eigenvalue weighted by Crippen LogP contribution is 2.28. The predicted molar refractivity (Wildman–Crippen MR) is 64.0 cm³/mol. The van der Waals surface area contributed by atoms with Crippen molar-refractivity contribution in [3.05, 3.63) is 0 Å². The first kappa shape index (κ1) is 11.8. The van der Waals surface area contributed by atoms with Gasteiger partial charge in [0.15, 0.2) is 0 Å². The molecule has 6 nitrogen and oxygen atoms in total. The highest BCUT2D eigenvalue weighted by Gasteiger charge is 2.43. The van der Waals surface area contributed by atoms with Crippen LogP contribution in [0.15, 0.2) is 0 Å². The van der Waals surface area contributed by atoms with Crippen molar-refractivity contribution in [3.63, 3.8) is 0 Å². The van der Waals surface area contributed by atoms with E-state index in [2.05, 4.69) is 5.32 Å². The second-order valence-electron chi connectivity index (χ2n) is 5.14. The van der Waals surface area contributed by atoms with Crippen molar-refractivity contribution < 1.29 is 14.3 Å². The molecule has 0 aliphatic carbocycles. The molecule has 3 aliphatic heterocycles. The summed E-state index contributed by atoms with van der Waals surface area (Å²) in [5, 5.41) is 2.87. The van der Waals surface area contributed by atoms with Gasteiger partial charge in [0.2, 0.25) is 5.91 Å². The van der Waals surface area contributed by atoms with Gasteiger partial charge in [-0.3, -0.25) is 4.79 Å². The fourth-order valence-electron chi connectivity index (χ4n) is 3.13. The second kappa shape index (κ2) is 4.76. The van der Waals surface area contributed by atoms with Crippen molar-refractivity contribution in [2.24, 2.45) is 5.92 Å². The molecule has 3 fully saturated rings. The molecule has 0 saturated carbocycles. The lowest BCUT2D eigenvalue weighted by molar-refractivity contribution is -0.123. The first-order valence-electron chi connectivity index (χ1n) is 6.68. The molecule has 2 atom stereocenters. The van der Waals surface area contributed by atoms with Crippen LogP contribution in [-0.2, 0) is 9.53 Å². The van der Waals surface area contributed by atoms with Gasteiger partial charge in [-0.1, -0.05) is 0 Å². The van der Waals surface area contributed by atoms with Crippen molar-refractivity contribution in [1.29, 1.82) is 0 Å². The normalized spacial score (nSPS) is 32.1. The molecule has 3 rings (SSSR count). The highest BCUT2D eigenvalue weighted by atomic mass is 16.5. The summed E-state index contributed by atoms with van der Waals surface area (Å²) in [5.74, 6) is 0.114. The van der Waals surface area contributed by atoms with Gasteiger partial charge in [-0.05, 0) is 12.8 Å². The molecule has 0 aromatic heterocycles. The molecule has 3 heterocycles. The zero-order valence-electron chi connectivity index (χ0n) is 10.4. The highest BCUT2D eigenvalue weighted by molar-refractivity contribution is 5.84. The van der Waals surface area contributed by atoms with Gasteiger partial charge in [0.25, 0.3) is 0 Å². The van der Waals surface area contributed by atoms with Crippen LogP contribution in [0.3, 0.4) is 0 Å². The molecule has 6 heteroatoms. The van der Waals surface area contributed by atoms with Crippen LogP contribution in [0.4, 0.5) is 4.79 Å². The minimum Gasteiger partial charge on any atom is -0.378 e. The maximum Gasteiger partial charge on any atom is 0.320 e. The zero-order chi connectivity index (χ0) is 12.5. The van der Waals surface area contributed by atoms with Gasteiger partial charge in [-0.25, -0.2) is 4.79 Å². The minimum absolute atomic E-state index is 0.00346. The molecule has 3 saturated heterocycles. The number of hydrogen-bond acceptors (Lipinski definition) is 3. The Balaban J connectivity index is 1.70. The molecule has 0 radical (unpaired) electrons. The number of nitrogens with one attached hydrogen (secondary N) is 1. The fraction of sp³-hybridized carbons (Fsp3) is 0.833. The Morgan fingerprint density at radius 1 is 1.28 bits per heavy atom. The van der Waals surface area contributed by atoms with Crippen molar-refractivity contribution in [2.45, 2.75) is 18.9 Å². The minimum atomic E-state index is 0.00346. The Morgan fingerprint density at radius 2 is 2.06 bits per heavy atom. The number of ether oxygens (including phenoxy) is 1. The van der Waals surface area contributed by atoms with E-state index in [1.54, 1.807) is 0 Å². The van der Waals surface area contributed by atoms with Crippen LogP contribution in [-0.4, -0.2) is 67.2 Å². The van der Waals surface area contributed by atoms with Crippen molar-refractivity contribution >= 4 is 11.9 Å². The number of fused-ring (bicyclic) bond motifs is 1. The van der Waals surface area contributed by atoms with Gasteiger partial charge in [0.1, 0.15) is 0 Å². The maximum absolute atomic E-state index is 12.5. The lowest BCUT2D eigenvalue weighted by Gasteiger charge is -2.40. The smallest absolute Gasteiger partial charge is 0.320 e. The summed E-state index contributed by atoms with van der Waals surface area (Å²) in [6.07, 6.45) is 1.83. The largest absolute Gasteiger partial charge is 0.378 e. The number of piperidine rings is 1. The third kappa shape index (κ3) is 1.94. The third-order valence-corrected chi connectivity index (χ3v) is 4.13. The number of morpholine rings is 1. The summed E-state index contributed by atoms with van der Waals surface area (Å²) in [5.41, 5.74) is 0. The zero-order valence-corrected chi connectivity index (χ0v) is 10.4. The summed E-state index contributed by atoms with van der Waals surface area (Å²) in [4.78, 5) is 27.9. The summed E-state index contributed by atoms with van der Waals surface area (Å²) >= 11 is 0. The van der Waals surface area contributed by atoms with Gasteiger partial charge in [0, 0.05) is 26.2 Å². The molecule has 3 aliphatic rings. The maximum atomic E-state index is 12.5. The van der Waals surface area contributed by atoms with Crippen LogP contribution in [0.25, 0.3) is 0 Å². The Hall–Kier alpha value is -1.30. The van der Waals surface area contributed by atoms with E-state index in [1.807, 2.05) is 9.80 Å². The van der Waals surface area contributed by atoms with Crippen molar-refractivity contribution in [2.75, 3.05) is 39.4 Å². The molecular weight excluding hydrogens is 234 g/mol. The SMILES string of the molecule is O=C1NCC2C1CCCN2C(=O)N1CCOCC1. The Morgan fingerprint density at radius 3 is 2.83 bits per heavy atom. The fourth-order valence-corrected chi connectivity index (χ4v) is 3.13. The van der Waals surface area contributed by atoms with E-state index >= 15 is 0 Å². The molecule has 100 valence electrons. The Bertz CT molecular complexity index is 354. The molecule has 18 heavy (non-hydrogen) atoms. The van der Waals surface area contributed by atoms with E-state index in [1.165, 1.54) is 0 Å². The number of carbonyl (C=O) groups excluding carboxylic acids is 2. The molecule has 0 bridgehead atoms. The van der Waals surface area contributed by atoms with Gasteiger partial charge in [-0.2, -0.15) is 0 Å². The average Bonchev–Trinajstić information content (AvgIpc) is 2.81. The first-order chi connectivity index (χ1) is 8.77. The first-order valence-corrected chi connectivity index (χ1v) is 6.68. The van der Waals surface area contributed by atoms with Crippen LogP contribution in [0, 0.1) is 5.92 Å². The van der Waals surface area contributed by atoms with Crippen LogP contribution in [0.1, 0.15) is 12.8 Å². The average molecular weight is 253 g/mol. The molecule has 0 spiro atoms. The summed E-state index contributed by atoms with van der Waals surface area (Å²) in [6.45, 7) is 3.93. The molecule has 1 N–H and O–H groups in total. The number of carbonyl (C=O) groups is 2. The standard InChI is InChI=1S/C12H19N3O3/c16-11-9-2-1-3-15(10(9)8-13-11)12(17)14-4-6-18-7-5-14/h9-10H,1-8H2,(H,13,16). The van der Waals surface area contributed by atoms with Gasteiger partial charge < -0.3 is 19.9 Å². The number of rotatable bonds is 0. The Kier molecular flexibility index (Phi) is 3.11. The van der Waals surface area contributed by atoms with E-state index in [0.717, 1.165) is 19.4 Å². The predicted octanol–water partition coefficient (Wildman–Crippen LogP) is -0.351. The van der Waals surface area contributed by atoms with E-state index in [-0.39, 0.29) is 23.9 Å². The molecule has 0 aromatic carbocycles. The monoisotopic (exact) mass is 253 g/mol. The Labute approximate surface area is 106 Å². The lowest BCUT2D eigenvalue weighted by Crippen LogP contribution is -2.55. The van der Waals surface area contributed by atoms with Crippen LogP contribution >= 0.6 is 0 Å². The molecule has 3 amide bonds. The number of likely N-dealkylation sites (tertiary alicyclic amines) is 1. The summed E-state index contributed by atoms with van der Waals surface area (Å²) in [6, 6.07) is 0.131. The van der Waals surface area contributed by atoms with E-state index < -0.39 is 0 Å². The van der Waals surface area contributed by atoms with E-state index in [0.29, 0.717) is 32.8 Å². The van der Waals surface area contributed by atoms with Crippen molar-refractivity contribution in [1.82, 2.24) is 15.1 Å². The van der Waals surface area contributed by atoms with Crippen molar-refractivity contribution in [3.8, 4) is 0 Å². The third-order valence-electron chi connectivity index (χ3n) is 4.13. The van der Waals surface area contributed by atoms with Crippen LogP contribution in [0.5, 0.6) is 0 Å². The molecule has 2 unspecified atom stereocenters. The number of hydrogen-bond donors (Lipinski definition) is 1. The van der Waals surface area contributed by atoms with Gasteiger partial charge >= 0.3 is 6.03 Å². The van der Waals surface area contributed by atoms with Gasteiger partial charge in [-0.15, -0.1) is 0 Å². The number of nitrogens with zero attached hydrogens (tertiary/aromatic N) is 2. The number of amides is 3. The topological polar surface area (TPSA) is 61.9 Å². The van der Waals surface area contributed by atoms with E-state index in [9.17, 15) is 9.59 Å². The summed E-state index contributed by atoms with van der Waals surface area (Å²) in [7, 11) is 0. The molecular formula is C12H19N3O3. The van der Waals surface area contributed by atoms with Gasteiger partial charge in [0.05, 0.1) is 25.2 Å².